The fraction of sp³-hybridized carbons (Fsp3) is 0.600. The smallest absolute Gasteiger partial charge is 0.0268 e. The highest BCUT2D eigenvalue weighted by Gasteiger charge is 1.87. The Morgan fingerprint density at radius 3 is 1.70 bits per heavy atom. The molecule has 0 aromatic carbocycles. The lowest BCUT2D eigenvalue weighted by molar-refractivity contribution is 0.651. The molecule has 0 radical (unpaired) electrons. The minimum absolute atomic E-state index is 1.18. The van der Waals surface area contributed by atoms with Gasteiger partial charge in [-0.1, -0.05) is 24.3 Å². The van der Waals surface area contributed by atoms with E-state index in [-0.39, 0.29) is 0 Å². The molecule has 1 aliphatic rings. The number of hydrogen-bond donors (Lipinski definition) is 0. The van der Waals surface area contributed by atoms with Crippen LogP contribution in [0.4, 0.5) is 0 Å². The van der Waals surface area contributed by atoms with Crippen molar-refractivity contribution in [3.63, 3.8) is 0 Å². The van der Waals surface area contributed by atoms with Crippen LogP contribution in [0.2, 0.25) is 0 Å². The lowest BCUT2D eigenvalue weighted by atomic mass is 10.1. The van der Waals surface area contributed by atoms with Gasteiger partial charge in [0.15, 0.2) is 0 Å². The Bertz CT molecular complexity index is 144. The molecule has 0 aliphatic heterocycles. The van der Waals surface area contributed by atoms with Crippen LogP contribution in [0.3, 0.4) is 0 Å². The van der Waals surface area contributed by atoms with E-state index >= 15 is 0 Å². The molecule has 54 valence electrons. The Morgan fingerprint density at radius 1 is 0.700 bits per heavy atom. The van der Waals surface area contributed by atoms with E-state index in [0.717, 1.165) is 0 Å². The third-order valence-corrected chi connectivity index (χ3v) is 1.73. The first kappa shape index (κ1) is 7.41. The van der Waals surface area contributed by atoms with E-state index < -0.39 is 0 Å². The third kappa shape index (κ3) is 3.35. The summed E-state index contributed by atoms with van der Waals surface area (Å²) in [6.07, 6.45) is 12.0. The zero-order chi connectivity index (χ0) is 7.07. The van der Waals surface area contributed by atoms with Crippen molar-refractivity contribution in [2.75, 3.05) is 0 Å². The topological polar surface area (TPSA) is 0 Å². The van der Waals surface area contributed by atoms with E-state index in [1.807, 2.05) is 0 Å². The quantitative estimate of drug-likeness (QED) is 0.446. The van der Waals surface area contributed by atoms with E-state index in [4.69, 9.17) is 0 Å². The summed E-state index contributed by atoms with van der Waals surface area (Å²) in [5.41, 5.74) is 6.05. The Morgan fingerprint density at radius 2 is 1.20 bits per heavy atom. The van der Waals surface area contributed by atoms with Crippen LogP contribution in [-0.4, -0.2) is 0 Å². The van der Waals surface area contributed by atoms with Gasteiger partial charge in [-0.05, 0) is 37.8 Å². The Labute approximate surface area is 62.9 Å². The van der Waals surface area contributed by atoms with Crippen LogP contribution in [0, 0.1) is 0 Å². The van der Waals surface area contributed by atoms with Crippen molar-refractivity contribution in [2.24, 2.45) is 0 Å². The summed E-state index contributed by atoms with van der Waals surface area (Å²) in [5, 5.41) is 0. The molecule has 0 saturated carbocycles. The van der Waals surface area contributed by atoms with Gasteiger partial charge in [0.2, 0.25) is 0 Å². The Hall–Kier alpha value is -0.700. The zero-order valence-corrected chi connectivity index (χ0v) is 6.40. The molecule has 0 nitrogen and oxygen atoms in total. The van der Waals surface area contributed by atoms with Crippen LogP contribution in [0.1, 0.15) is 38.5 Å². The molecule has 0 amide bonds. The predicted molar refractivity (Wildman–Crippen MR) is 43.9 cm³/mol. The molecule has 1 rings (SSSR count). The lowest BCUT2D eigenvalue weighted by Crippen LogP contribution is -1.76. The molecule has 0 bridgehead atoms. The number of allylic oxidation sites excluding steroid dienone is 2. The van der Waals surface area contributed by atoms with Crippen LogP contribution < -0.4 is 0 Å². The first-order chi connectivity index (χ1) is 5.00. The molecular formula is C10H14. The molecule has 1 aliphatic carbocycles. The predicted octanol–water partition coefficient (Wildman–Crippen LogP) is 3.21. The standard InChI is InChI=1S/C10H14/c1-2-4-6-8-10-9-7-5-3-1/h1,7H,2,4,6,8-10H2. The van der Waals surface area contributed by atoms with Crippen LogP contribution in [0.15, 0.2) is 23.6 Å². The second-order valence-electron chi connectivity index (χ2n) is 2.69. The summed E-state index contributed by atoms with van der Waals surface area (Å²) in [6.45, 7) is 0. The Balaban J connectivity index is 2.43. The maximum absolute atomic E-state index is 3.02. The first-order valence-electron chi connectivity index (χ1n) is 4.14. The Kier molecular flexibility index (Phi) is 3.79. The average Bonchev–Trinajstić information content (AvgIpc) is 2.01. The molecule has 0 N–H and O–H groups in total. The molecule has 0 unspecified atom stereocenters. The van der Waals surface area contributed by atoms with Crippen molar-refractivity contribution in [3.05, 3.63) is 23.6 Å². The van der Waals surface area contributed by atoms with E-state index in [1.54, 1.807) is 0 Å². The maximum Gasteiger partial charge on any atom is -0.0268 e. The van der Waals surface area contributed by atoms with Gasteiger partial charge < -0.3 is 0 Å². The van der Waals surface area contributed by atoms with Crippen molar-refractivity contribution in [1.29, 1.82) is 0 Å². The largest absolute Gasteiger partial charge is 0.0750 e. The third-order valence-electron chi connectivity index (χ3n) is 1.73. The van der Waals surface area contributed by atoms with Crippen molar-refractivity contribution < 1.29 is 0 Å². The lowest BCUT2D eigenvalue weighted by Gasteiger charge is -1.95. The monoisotopic (exact) mass is 134 g/mol. The summed E-state index contributed by atoms with van der Waals surface area (Å²) in [5.74, 6) is 0. The van der Waals surface area contributed by atoms with Crippen molar-refractivity contribution in [1.82, 2.24) is 0 Å². The molecule has 0 aromatic rings. The number of hydrogen-bond acceptors (Lipinski definition) is 0. The van der Waals surface area contributed by atoms with Gasteiger partial charge in [-0.3, -0.25) is 0 Å². The second-order valence-corrected chi connectivity index (χ2v) is 2.69. The summed E-state index contributed by atoms with van der Waals surface area (Å²) >= 11 is 0. The first-order valence-corrected chi connectivity index (χ1v) is 4.14. The van der Waals surface area contributed by atoms with Gasteiger partial charge in [-0.15, -0.1) is 0 Å². The van der Waals surface area contributed by atoms with Crippen molar-refractivity contribution in [3.8, 4) is 0 Å². The van der Waals surface area contributed by atoms with E-state index in [1.165, 1.54) is 38.5 Å². The minimum Gasteiger partial charge on any atom is -0.0750 e. The highest BCUT2D eigenvalue weighted by Crippen LogP contribution is 2.06. The van der Waals surface area contributed by atoms with Gasteiger partial charge in [0.05, 0.1) is 0 Å². The van der Waals surface area contributed by atoms with Crippen LogP contribution >= 0.6 is 0 Å². The molecule has 0 heteroatoms. The number of rotatable bonds is 0. The SMILES string of the molecule is C1=C=CCCCCCCC=1. The van der Waals surface area contributed by atoms with E-state index in [2.05, 4.69) is 23.6 Å². The highest BCUT2D eigenvalue weighted by molar-refractivity contribution is 4.87. The van der Waals surface area contributed by atoms with Crippen molar-refractivity contribution >= 4 is 0 Å². The summed E-state index contributed by atoms with van der Waals surface area (Å²) in [4.78, 5) is 0. The van der Waals surface area contributed by atoms with E-state index in [0.29, 0.717) is 0 Å². The molecule has 0 fully saturated rings. The molecule has 0 aromatic heterocycles. The molecule has 0 heterocycles. The summed E-state index contributed by atoms with van der Waals surface area (Å²) in [7, 11) is 0. The second kappa shape index (κ2) is 5.11. The minimum atomic E-state index is 1.18. The summed E-state index contributed by atoms with van der Waals surface area (Å²) in [6, 6.07) is 0. The summed E-state index contributed by atoms with van der Waals surface area (Å²) < 4.78 is 0. The fourth-order valence-electron chi connectivity index (χ4n) is 1.11. The molecular weight excluding hydrogens is 120 g/mol. The molecule has 0 saturated heterocycles. The molecule has 0 atom stereocenters. The van der Waals surface area contributed by atoms with Gasteiger partial charge in [0, 0.05) is 0 Å². The van der Waals surface area contributed by atoms with Gasteiger partial charge in [0.1, 0.15) is 0 Å². The highest BCUT2D eigenvalue weighted by atomic mass is 13.9. The molecule has 10 heavy (non-hydrogen) atoms. The van der Waals surface area contributed by atoms with Crippen molar-refractivity contribution in [2.45, 2.75) is 38.5 Å². The van der Waals surface area contributed by atoms with Gasteiger partial charge >= 0.3 is 0 Å². The van der Waals surface area contributed by atoms with Crippen LogP contribution in [-0.2, 0) is 0 Å². The molecule has 0 spiro atoms. The normalized spacial score (nSPS) is 19.2. The zero-order valence-electron chi connectivity index (χ0n) is 6.40. The van der Waals surface area contributed by atoms with Gasteiger partial charge in [0.25, 0.3) is 0 Å². The van der Waals surface area contributed by atoms with Gasteiger partial charge in [-0.25, -0.2) is 0 Å². The maximum atomic E-state index is 3.02. The fourth-order valence-corrected chi connectivity index (χ4v) is 1.11. The van der Waals surface area contributed by atoms with Crippen LogP contribution in [0.5, 0.6) is 0 Å². The van der Waals surface area contributed by atoms with Crippen LogP contribution in [0.25, 0.3) is 0 Å². The van der Waals surface area contributed by atoms with Gasteiger partial charge in [-0.2, -0.15) is 0 Å². The van der Waals surface area contributed by atoms with E-state index in [9.17, 15) is 0 Å². The average molecular weight is 134 g/mol.